The molecule has 3 amide bonds. The second-order valence-electron chi connectivity index (χ2n) is 6.04. The molecular formula is C18H24N2O4. The van der Waals surface area contributed by atoms with Crippen LogP contribution in [0, 0.1) is 0 Å². The summed E-state index contributed by atoms with van der Waals surface area (Å²) in [5.74, 6) is -1.02. The summed E-state index contributed by atoms with van der Waals surface area (Å²) in [5, 5.41) is 4.67. The van der Waals surface area contributed by atoms with Gasteiger partial charge < -0.3 is 10.1 Å². The van der Waals surface area contributed by atoms with Crippen molar-refractivity contribution < 1.29 is 19.1 Å². The molecule has 1 aliphatic carbocycles. The number of benzene rings is 1. The first-order valence-corrected chi connectivity index (χ1v) is 8.39. The predicted molar refractivity (Wildman–Crippen MR) is 89.4 cm³/mol. The van der Waals surface area contributed by atoms with Gasteiger partial charge >= 0.3 is 12.0 Å². The number of carbonyl (C=O) groups is 3. The lowest BCUT2D eigenvalue weighted by Gasteiger charge is -2.27. The standard InChI is InChI=1S/C18H24N2O4/c1-2-12-19-17(23)20-15(21)13-24-16(22)18(10-6-7-11-18)14-8-4-3-5-9-14/h3-5,8-9H,2,6-7,10-13H2,1H3,(H2,19,20,21,23). The molecule has 0 spiro atoms. The van der Waals surface area contributed by atoms with E-state index in [-0.39, 0.29) is 0 Å². The number of imide groups is 1. The number of hydrogen-bond donors (Lipinski definition) is 2. The third kappa shape index (κ3) is 4.34. The summed E-state index contributed by atoms with van der Waals surface area (Å²) in [7, 11) is 0. The van der Waals surface area contributed by atoms with Gasteiger partial charge in [0.1, 0.15) is 0 Å². The minimum Gasteiger partial charge on any atom is -0.455 e. The summed E-state index contributed by atoms with van der Waals surface area (Å²) in [6.07, 6.45) is 4.12. The van der Waals surface area contributed by atoms with Gasteiger partial charge in [0.2, 0.25) is 0 Å². The Morgan fingerprint density at radius 1 is 1.12 bits per heavy atom. The van der Waals surface area contributed by atoms with Crippen molar-refractivity contribution in [3.05, 3.63) is 35.9 Å². The van der Waals surface area contributed by atoms with E-state index in [1.807, 2.05) is 37.3 Å². The van der Waals surface area contributed by atoms with E-state index in [2.05, 4.69) is 10.6 Å². The molecule has 0 aromatic heterocycles. The average Bonchev–Trinajstić information content (AvgIpc) is 3.09. The zero-order chi connectivity index (χ0) is 17.4. The van der Waals surface area contributed by atoms with Gasteiger partial charge in [0.25, 0.3) is 5.91 Å². The maximum atomic E-state index is 12.6. The largest absolute Gasteiger partial charge is 0.455 e. The zero-order valence-electron chi connectivity index (χ0n) is 14.0. The number of carbonyl (C=O) groups excluding carboxylic acids is 3. The van der Waals surface area contributed by atoms with Gasteiger partial charge in [0.15, 0.2) is 6.61 Å². The Morgan fingerprint density at radius 2 is 1.79 bits per heavy atom. The highest BCUT2D eigenvalue weighted by atomic mass is 16.5. The summed E-state index contributed by atoms with van der Waals surface area (Å²) >= 11 is 0. The van der Waals surface area contributed by atoms with E-state index in [0.717, 1.165) is 24.8 Å². The fraction of sp³-hybridized carbons (Fsp3) is 0.500. The summed E-state index contributed by atoms with van der Waals surface area (Å²) in [6.45, 7) is 1.94. The van der Waals surface area contributed by atoms with Crippen molar-refractivity contribution in [2.75, 3.05) is 13.2 Å². The van der Waals surface area contributed by atoms with Crippen LogP contribution < -0.4 is 10.6 Å². The molecule has 1 aromatic carbocycles. The minimum absolute atomic E-state index is 0.393. The second-order valence-corrected chi connectivity index (χ2v) is 6.04. The predicted octanol–water partition coefficient (Wildman–Crippen LogP) is 2.28. The Hall–Kier alpha value is -2.37. The molecule has 24 heavy (non-hydrogen) atoms. The summed E-state index contributed by atoms with van der Waals surface area (Å²) in [5.41, 5.74) is 0.250. The van der Waals surface area contributed by atoms with Crippen LogP contribution in [-0.4, -0.2) is 31.1 Å². The summed E-state index contributed by atoms with van der Waals surface area (Å²) in [4.78, 5) is 35.8. The number of rotatable bonds is 6. The van der Waals surface area contributed by atoms with E-state index in [9.17, 15) is 14.4 Å². The number of nitrogens with one attached hydrogen (secondary N) is 2. The van der Waals surface area contributed by atoms with Crippen molar-refractivity contribution in [3.63, 3.8) is 0 Å². The molecule has 1 saturated carbocycles. The molecule has 2 rings (SSSR count). The van der Waals surface area contributed by atoms with Crippen LogP contribution in [0.2, 0.25) is 0 Å². The van der Waals surface area contributed by atoms with Gasteiger partial charge in [-0.1, -0.05) is 50.1 Å². The molecule has 0 aliphatic heterocycles. The van der Waals surface area contributed by atoms with Crippen LogP contribution in [0.25, 0.3) is 0 Å². The first-order valence-electron chi connectivity index (χ1n) is 8.39. The molecule has 0 unspecified atom stereocenters. The number of esters is 1. The van der Waals surface area contributed by atoms with E-state index in [0.29, 0.717) is 19.4 Å². The summed E-state index contributed by atoms with van der Waals surface area (Å²) in [6, 6.07) is 8.97. The van der Waals surface area contributed by atoms with Crippen molar-refractivity contribution in [1.82, 2.24) is 10.6 Å². The molecule has 6 nitrogen and oxygen atoms in total. The third-order valence-corrected chi connectivity index (χ3v) is 4.30. The zero-order valence-corrected chi connectivity index (χ0v) is 14.0. The Morgan fingerprint density at radius 3 is 2.42 bits per heavy atom. The maximum Gasteiger partial charge on any atom is 0.321 e. The molecule has 0 bridgehead atoms. The minimum atomic E-state index is -0.675. The molecule has 1 fully saturated rings. The Labute approximate surface area is 142 Å². The van der Waals surface area contributed by atoms with Gasteiger partial charge in [0, 0.05) is 6.54 Å². The van der Waals surface area contributed by atoms with Crippen LogP contribution in [0.15, 0.2) is 30.3 Å². The summed E-state index contributed by atoms with van der Waals surface area (Å²) < 4.78 is 5.22. The molecule has 0 saturated heterocycles. The topological polar surface area (TPSA) is 84.5 Å². The van der Waals surface area contributed by atoms with E-state index in [1.54, 1.807) is 0 Å². The van der Waals surface area contributed by atoms with Gasteiger partial charge in [0.05, 0.1) is 5.41 Å². The first kappa shape index (κ1) is 18.0. The Bertz CT molecular complexity index is 580. The molecule has 0 atom stereocenters. The maximum absolute atomic E-state index is 12.6. The van der Waals surface area contributed by atoms with E-state index in [4.69, 9.17) is 4.74 Å². The monoisotopic (exact) mass is 332 g/mol. The average molecular weight is 332 g/mol. The fourth-order valence-electron chi connectivity index (χ4n) is 3.06. The van der Waals surface area contributed by atoms with Gasteiger partial charge in [-0.15, -0.1) is 0 Å². The quantitative estimate of drug-likeness (QED) is 0.783. The highest BCUT2D eigenvalue weighted by Gasteiger charge is 2.44. The molecule has 1 aliphatic rings. The van der Waals surface area contributed by atoms with Crippen molar-refractivity contribution in [1.29, 1.82) is 0 Å². The van der Waals surface area contributed by atoms with Gasteiger partial charge in [-0.3, -0.25) is 14.9 Å². The number of amides is 3. The molecule has 2 N–H and O–H groups in total. The Kier molecular flexibility index (Phi) is 6.35. The van der Waals surface area contributed by atoms with Gasteiger partial charge in [-0.05, 0) is 24.8 Å². The lowest BCUT2D eigenvalue weighted by atomic mass is 9.79. The lowest BCUT2D eigenvalue weighted by Crippen LogP contribution is -2.43. The molecular weight excluding hydrogens is 308 g/mol. The van der Waals surface area contributed by atoms with Crippen molar-refractivity contribution in [2.24, 2.45) is 0 Å². The normalized spacial score (nSPS) is 15.5. The van der Waals surface area contributed by atoms with Crippen LogP contribution in [0.3, 0.4) is 0 Å². The number of urea groups is 1. The van der Waals surface area contributed by atoms with Crippen LogP contribution >= 0.6 is 0 Å². The van der Waals surface area contributed by atoms with Crippen LogP contribution in [0.5, 0.6) is 0 Å². The fourth-order valence-corrected chi connectivity index (χ4v) is 3.06. The van der Waals surface area contributed by atoms with Gasteiger partial charge in [-0.2, -0.15) is 0 Å². The van der Waals surface area contributed by atoms with Crippen LogP contribution in [-0.2, 0) is 19.7 Å². The lowest BCUT2D eigenvalue weighted by molar-refractivity contribution is -0.154. The van der Waals surface area contributed by atoms with E-state index in [1.165, 1.54) is 0 Å². The van der Waals surface area contributed by atoms with E-state index >= 15 is 0 Å². The molecule has 6 heteroatoms. The van der Waals surface area contributed by atoms with Crippen LogP contribution in [0.1, 0.15) is 44.6 Å². The molecule has 0 heterocycles. The third-order valence-electron chi connectivity index (χ3n) is 4.30. The number of ether oxygens (including phenoxy) is 1. The molecule has 130 valence electrons. The highest BCUT2D eigenvalue weighted by Crippen LogP contribution is 2.42. The van der Waals surface area contributed by atoms with Crippen molar-refractivity contribution in [3.8, 4) is 0 Å². The molecule has 1 aromatic rings. The van der Waals surface area contributed by atoms with Crippen molar-refractivity contribution in [2.45, 2.75) is 44.4 Å². The van der Waals surface area contributed by atoms with Gasteiger partial charge in [-0.25, -0.2) is 4.79 Å². The highest BCUT2D eigenvalue weighted by molar-refractivity contribution is 5.96. The van der Waals surface area contributed by atoms with Crippen LogP contribution in [0.4, 0.5) is 4.79 Å². The number of hydrogen-bond acceptors (Lipinski definition) is 4. The first-order chi connectivity index (χ1) is 11.6. The second kappa shape index (κ2) is 8.47. The smallest absolute Gasteiger partial charge is 0.321 e. The van der Waals surface area contributed by atoms with Crippen molar-refractivity contribution >= 4 is 17.9 Å². The SMILES string of the molecule is CCCNC(=O)NC(=O)COC(=O)C1(c2ccccc2)CCCC1. The molecule has 0 radical (unpaired) electrons. The van der Waals surface area contributed by atoms with E-state index < -0.39 is 29.9 Å². The Balaban J connectivity index is 1.93.